The summed E-state index contributed by atoms with van der Waals surface area (Å²) in [7, 11) is 1.90. The van der Waals surface area contributed by atoms with Crippen molar-refractivity contribution in [2.24, 2.45) is 0 Å². The number of aryl methyl sites for hydroxylation is 1. The van der Waals surface area contributed by atoms with Crippen molar-refractivity contribution < 1.29 is 14.5 Å². The van der Waals surface area contributed by atoms with Crippen molar-refractivity contribution >= 4 is 11.7 Å². The van der Waals surface area contributed by atoms with Crippen LogP contribution >= 0.6 is 0 Å². The van der Waals surface area contributed by atoms with Crippen molar-refractivity contribution in [2.45, 2.75) is 45.7 Å². The lowest BCUT2D eigenvalue weighted by molar-refractivity contribution is -0.862. The Hall–Kier alpha value is -2.40. The minimum absolute atomic E-state index is 0.0333. The summed E-state index contributed by atoms with van der Waals surface area (Å²) in [5, 5.41) is 2.98. The normalized spacial score (nSPS) is 16.0. The molecule has 3 rings (SSSR count). The zero-order valence-corrected chi connectivity index (χ0v) is 16.7. The molecule has 1 amide bonds. The number of carbonyl (C=O) groups excluding carboxylic acids is 2. The van der Waals surface area contributed by atoms with Gasteiger partial charge in [-0.05, 0) is 45.2 Å². The summed E-state index contributed by atoms with van der Waals surface area (Å²) < 4.78 is 2.22. The van der Waals surface area contributed by atoms with Gasteiger partial charge in [0.2, 0.25) is 5.78 Å². The summed E-state index contributed by atoms with van der Waals surface area (Å²) in [4.78, 5) is 25.7. The standard InChI is InChI=1S/C22H29N3O2/c1-15-12-20(17(3)25(15)16(2)18-8-6-5-7-9-18)21(26)13-24(4)14-22(27)23-19-10-11-19/h5-9,12,16,19H,10-11,13-14H2,1-4H3,(H,23,27)/p+1/t16-/m1/s1. The molecular formula is C22H30N3O2+. The van der Waals surface area contributed by atoms with Gasteiger partial charge in [-0.25, -0.2) is 0 Å². The van der Waals surface area contributed by atoms with Crippen molar-refractivity contribution in [1.82, 2.24) is 9.88 Å². The summed E-state index contributed by atoms with van der Waals surface area (Å²) >= 11 is 0. The summed E-state index contributed by atoms with van der Waals surface area (Å²) in [6.07, 6.45) is 2.16. The highest BCUT2D eigenvalue weighted by atomic mass is 16.2. The summed E-state index contributed by atoms with van der Waals surface area (Å²) in [6, 6.07) is 12.8. The van der Waals surface area contributed by atoms with Crippen molar-refractivity contribution in [1.29, 1.82) is 0 Å². The summed E-state index contributed by atoms with van der Waals surface area (Å²) in [5.41, 5.74) is 4.05. The summed E-state index contributed by atoms with van der Waals surface area (Å²) in [6.45, 7) is 6.87. The van der Waals surface area contributed by atoms with Gasteiger partial charge in [-0.1, -0.05) is 30.3 Å². The fourth-order valence-electron chi connectivity index (χ4n) is 3.75. The van der Waals surface area contributed by atoms with Gasteiger partial charge in [-0.15, -0.1) is 0 Å². The number of benzene rings is 1. The van der Waals surface area contributed by atoms with Crippen molar-refractivity contribution in [3.05, 3.63) is 58.9 Å². The highest BCUT2D eigenvalue weighted by molar-refractivity contribution is 5.98. The van der Waals surface area contributed by atoms with E-state index in [1.807, 2.05) is 45.2 Å². The SMILES string of the molecule is Cc1cc(C(=O)C[NH+](C)CC(=O)NC2CC2)c(C)n1[C@H](C)c1ccccc1. The van der Waals surface area contributed by atoms with Crippen LogP contribution in [-0.2, 0) is 4.79 Å². The quantitative estimate of drug-likeness (QED) is 0.697. The molecule has 2 aromatic rings. The molecule has 2 atom stereocenters. The molecule has 1 heterocycles. The average Bonchev–Trinajstić information content (AvgIpc) is 3.38. The van der Waals surface area contributed by atoms with Crippen molar-refractivity contribution in [3.63, 3.8) is 0 Å². The first-order chi connectivity index (χ1) is 12.9. The molecule has 1 aliphatic carbocycles. The zero-order valence-electron chi connectivity index (χ0n) is 16.7. The van der Waals surface area contributed by atoms with Crippen LogP contribution in [0.2, 0.25) is 0 Å². The Labute approximate surface area is 161 Å². The number of carbonyl (C=O) groups is 2. The minimum atomic E-state index is 0.0333. The number of ketones is 1. The molecule has 1 saturated carbocycles. The number of nitrogens with zero attached hydrogens (tertiary/aromatic N) is 1. The van der Waals surface area contributed by atoms with Crippen LogP contribution in [0.5, 0.6) is 0 Å². The molecule has 1 aromatic carbocycles. The predicted octanol–water partition coefficient (Wildman–Crippen LogP) is 1.69. The highest BCUT2D eigenvalue weighted by Crippen LogP contribution is 2.25. The maximum atomic E-state index is 12.9. The molecule has 5 nitrogen and oxygen atoms in total. The van der Waals surface area contributed by atoms with Crippen LogP contribution in [0.1, 0.15) is 53.1 Å². The number of aromatic nitrogens is 1. The average molecular weight is 369 g/mol. The van der Waals surface area contributed by atoms with E-state index in [0.29, 0.717) is 19.1 Å². The number of rotatable bonds is 8. The second-order valence-corrected chi connectivity index (χ2v) is 7.82. The molecule has 1 aromatic heterocycles. The lowest BCUT2D eigenvalue weighted by atomic mass is 10.1. The highest BCUT2D eigenvalue weighted by Gasteiger charge is 2.26. The van der Waals surface area contributed by atoms with E-state index < -0.39 is 0 Å². The summed E-state index contributed by atoms with van der Waals surface area (Å²) in [5.74, 6) is 0.123. The molecule has 1 aliphatic rings. The van der Waals surface area contributed by atoms with E-state index in [4.69, 9.17) is 0 Å². The number of quaternary nitrogens is 1. The van der Waals surface area contributed by atoms with Gasteiger partial charge in [0.25, 0.3) is 5.91 Å². The number of likely N-dealkylation sites (N-methyl/N-ethyl adjacent to an activating group) is 1. The van der Waals surface area contributed by atoms with Gasteiger partial charge in [0.1, 0.15) is 6.54 Å². The van der Waals surface area contributed by atoms with Crippen LogP contribution in [0.25, 0.3) is 0 Å². The lowest BCUT2D eigenvalue weighted by Gasteiger charge is -2.19. The second kappa shape index (κ2) is 8.09. The first kappa shape index (κ1) is 19.4. The lowest BCUT2D eigenvalue weighted by Crippen LogP contribution is -3.11. The van der Waals surface area contributed by atoms with Crippen LogP contribution in [0.15, 0.2) is 36.4 Å². The Morgan fingerprint density at radius 1 is 1.19 bits per heavy atom. The Morgan fingerprint density at radius 3 is 2.48 bits per heavy atom. The van der Waals surface area contributed by atoms with Crippen LogP contribution < -0.4 is 10.2 Å². The number of hydrogen-bond donors (Lipinski definition) is 2. The number of amides is 1. The van der Waals surface area contributed by atoms with Gasteiger partial charge in [-0.2, -0.15) is 0 Å². The maximum absolute atomic E-state index is 12.9. The van der Waals surface area contributed by atoms with Crippen molar-refractivity contribution in [3.8, 4) is 0 Å². The molecule has 1 fully saturated rings. The first-order valence-corrected chi connectivity index (χ1v) is 9.74. The van der Waals surface area contributed by atoms with Crippen LogP contribution in [0, 0.1) is 13.8 Å². The van der Waals surface area contributed by atoms with Crippen LogP contribution in [-0.4, -0.2) is 42.4 Å². The van der Waals surface area contributed by atoms with E-state index >= 15 is 0 Å². The van der Waals surface area contributed by atoms with Crippen LogP contribution in [0.4, 0.5) is 0 Å². The molecule has 5 heteroatoms. The Bertz CT molecular complexity index is 822. The van der Waals surface area contributed by atoms with E-state index in [0.717, 1.165) is 34.7 Å². The number of Topliss-reactive ketones (excluding diaryl/α,β-unsaturated/α-hetero) is 1. The van der Waals surface area contributed by atoms with Gasteiger partial charge in [0, 0.05) is 23.0 Å². The van der Waals surface area contributed by atoms with Gasteiger partial charge in [-0.3, -0.25) is 9.59 Å². The number of nitrogens with one attached hydrogen (secondary N) is 2. The third kappa shape index (κ3) is 4.66. The van der Waals surface area contributed by atoms with E-state index in [1.54, 1.807) is 0 Å². The monoisotopic (exact) mass is 368 g/mol. The molecule has 144 valence electrons. The predicted molar refractivity (Wildman–Crippen MR) is 106 cm³/mol. The van der Waals surface area contributed by atoms with Gasteiger partial charge in [0.15, 0.2) is 6.54 Å². The molecule has 27 heavy (non-hydrogen) atoms. The second-order valence-electron chi connectivity index (χ2n) is 7.82. The topological polar surface area (TPSA) is 55.5 Å². The van der Waals surface area contributed by atoms with Crippen LogP contribution in [0.3, 0.4) is 0 Å². The molecule has 0 saturated heterocycles. The molecular weight excluding hydrogens is 338 g/mol. The Balaban J connectivity index is 1.69. The molecule has 0 spiro atoms. The maximum Gasteiger partial charge on any atom is 0.275 e. The zero-order chi connectivity index (χ0) is 19.6. The Morgan fingerprint density at radius 2 is 1.85 bits per heavy atom. The van der Waals surface area contributed by atoms with Crippen molar-refractivity contribution in [2.75, 3.05) is 20.1 Å². The third-order valence-electron chi connectivity index (χ3n) is 5.32. The van der Waals surface area contributed by atoms with Gasteiger partial charge >= 0.3 is 0 Å². The van der Waals surface area contributed by atoms with E-state index in [9.17, 15) is 9.59 Å². The fourth-order valence-corrected chi connectivity index (χ4v) is 3.75. The molecule has 0 aliphatic heterocycles. The fraction of sp³-hybridized carbons (Fsp3) is 0.455. The number of hydrogen-bond acceptors (Lipinski definition) is 2. The smallest absolute Gasteiger partial charge is 0.275 e. The van der Waals surface area contributed by atoms with E-state index in [-0.39, 0.29) is 17.7 Å². The molecule has 0 radical (unpaired) electrons. The molecule has 2 N–H and O–H groups in total. The molecule has 1 unspecified atom stereocenters. The van der Waals surface area contributed by atoms with Gasteiger partial charge in [0.05, 0.1) is 13.1 Å². The largest absolute Gasteiger partial charge is 0.348 e. The third-order valence-corrected chi connectivity index (χ3v) is 5.32. The Kier molecular flexibility index (Phi) is 5.80. The molecule has 0 bridgehead atoms. The first-order valence-electron chi connectivity index (χ1n) is 9.74. The minimum Gasteiger partial charge on any atom is -0.348 e. The van der Waals surface area contributed by atoms with Gasteiger partial charge < -0.3 is 14.8 Å². The van der Waals surface area contributed by atoms with E-state index in [2.05, 4.69) is 28.9 Å². The van der Waals surface area contributed by atoms with E-state index in [1.165, 1.54) is 5.56 Å².